The Morgan fingerprint density at radius 2 is 1.58 bits per heavy atom. The second-order valence-electron chi connectivity index (χ2n) is 6.64. The van der Waals surface area contributed by atoms with E-state index in [1.165, 1.54) is 38.5 Å². The van der Waals surface area contributed by atoms with E-state index in [0.29, 0.717) is 12.0 Å². The summed E-state index contributed by atoms with van der Waals surface area (Å²) >= 11 is 0. The first-order chi connectivity index (χ1) is 9.18. The molecule has 0 aromatic carbocycles. The highest BCUT2D eigenvalue weighted by Crippen LogP contribution is 2.28. The fraction of sp³-hybridized carbons (Fsp3) is 0.938. The second-order valence-corrected chi connectivity index (χ2v) is 6.64. The van der Waals surface area contributed by atoms with E-state index in [4.69, 9.17) is 5.73 Å². The van der Waals surface area contributed by atoms with E-state index < -0.39 is 0 Å². The van der Waals surface area contributed by atoms with Gasteiger partial charge in [0.2, 0.25) is 5.91 Å². The van der Waals surface area contributed by atoms with Crippen molar-refractivity contribution in [1.29, 1.82) is 0 Å². The van der Waals surface area contributed by atoms with Gasteiger partial charge in [0.1, 0.15) is 0 Å². The van der Waals surface area contributed by atoms with Gasteiger partial charge in [0.05, 0.1) is 5.92 Å². The number of nitrogens with two attached hydrogens (primary N) is 1. The molecule has 3 atom stereocenters. The summed E-state index contributed by atoms with van der Waals surface area (Å²) in [6.45, 7) is 2.18. The molecule has 0 radical (unpaired) electrons. The van der Waals surface area contributed by atoms with Gasteiger partial charge in [-0.3, -0.25) is 4.79 Å². The van der Waals surface area contributed by atoms with E-state index in [2.05, 4.69) is 12.2 Å². The molecule has 0 heterocycles. The first-order valence-electron chi connectivity index (χ1n) is 8.24. The molecular weight excluding hydrogens is 236 g/mol. The third-order valence-electron chi connectivity index (χ3n) is 5.08. The first kappa shape index (κ1) is 14.8. The van der Waals surface area contributed by atoms with Gasteiger partial charge in [0, 0.05) is 12.1 Å². The molecule has 0 saturated heterocycles. The summed E-state index contributed by atoms with van der Waals surface area (Å²) in [4.78, 5) is 12.4. The molecule has 2 fully saturated rings. The van der Waals surface area contributed by atoms with E-state index in [1.807, 2.05) is 0 Å². The van der Waals surface area contributed by atoms with Crippen LogP contribution in [0.25, 0.3) is 0 Å². The lowest BCUT2D eigenvalue weighted by Gasteiger charge is -2.34. The average molecular weight is 266 g/mol. The van der Waals surface area contributed by atoms with Crippen LogP contribution in [0, 0.1) is 11.8 Å². The monoisotopic (exact) mass is 266 g/mol. The summed E-state index contributed by atoms with van der Waals surface area (Å²) in [6, 6.07) is 0.458. The number of rotatable bonds is 2. The Bertz CT molecular complexity index is 284. The summed E-state index contributed by atoms with van der Waals surface area (Å²) in [5.74, 6) is 0.764. The van der Waals surface area contributed by atoms with Crippen molar-refractivity contribution in [2.24, 2.45) is 17.6 Å². The van der Waals surface area contributed by atoms with Crippen LogP contribution in [0.1, 0.15) is 71.1 Å². The van der Waals surface area contributed by atoms with Crippen LogP contribution < -0.4 is 11.1 Å². The van der Waals surface area contributed by atoms with Crippen molar-refractivity contribution >= 4 is 5.91 Å². The summed E-state index contributed by atoms with van der Waals surface area (Å²) in [6.07, 6.45) is 12.2. The van der Waals surface area contributed by atoms with Crippen LogP contribution in [-0.4, -0.2) is 18.0 Å². The Balaban J connectivity index is 1.84. The Morgan fingerprint density at radius 3 is 2.26 bits per heavy atom. The maximum Gasteiger partial charge on any atom is 0.224 e. The minimum atomic E-state index is 0.0502. The normalized spacial score (nSPS) is 34.3. The Kier molecular flexibility index (Phi) is 5.68. The molecule has 0 spiro atoms. The first-order valence-corrected chi connectivity index (χ1v) is 8.24. The fourth-order valence-electron chi connectivity index (χ4n) is 3.66. The molecule has 3 heteroatoms. The summed E-state index contributed by atoms with van der Waals surface area (Å²) < 4.78 is 0. The summed E-state index contributed by atoms with van der Waals surface area (Å²) in [7, 11) is 0. The molecule has 2 rings (SSSR count). The van der Waals surface area contributed by atoms with E-state index in [1.54, 1.807) is 0 Å². The van der Waals surface area contributed by atoms with Crippen molar-refractivity contribution < 1.29 is 4.79 Å². The number of hydrogen-bond acceptors (Lipinski definition) is 2. The van der Waals surface area contributed by atoms with Crippen molar-refractivity contribution in [2.45, 2.75) is 83.2 Å². The van der Waals surface area contributed by atoms with Crippen molar-refractivity contribution in [3.63, 3.8) is 0 Å². The summed E-state index contributed by atoms with van der Waals surface area (Å²) in [5, 5.41) is 3.29. The molecule has 2 aliphatic rings. The van der Waals surface area contributed by atoms with Gasteiger partial charge in [-0.2, -0.15) is 0 Å². The van der Waals surface area contributed by atoms with Gasteiger partial charge in [0.15, 0.2) is 0 Å². The molecule has 2 aliphatic carbocycles. The minimum Gasteiger partial charge on any atom is -0.353 e. The van der Waals surface area contributed by atoms with Gasteiger partial charge in [0.25, 0.3) is 0 Å². The highest BCUT2D eigenvalue weighted by Gasteiger charge is 2.33. The molecule has 110 valence electrons. The number of amides is 1. The maximum atomic E-state index is 12.4. The van der Waals surface area contributed by atoms with E-state index in [0.717, 1.165) is 25.7 Å². The highest BCUT2D eigenvalue weighted by molar-refractivity contribution is 5.79. The van der Waals surface area contributed by atoms with Crippen molar-refractivity contribution in [3.8, 4) is 0 Å². The zero-order valence-electron chi connectivity index (χ0n) is 12.4. The number of nitrogens with one attached hydrogen (secondary N) is 1. The van der Waals surface area contributed by atoms with Crippen LogP contribution in [0.2, 0.25) is 0 Å². The molecular formula is C16H30N2O. The standard InChI is InChI=1S/C16H30N2O/c1-12-8-7-11-14(15(12)17)16(19)18-13-9-5-3-2-4-6-10-13/h12-15H,2-11,17H2,1H3,(H,18,19). The SMILES string of the molecule is CC1CCCC(C(=O)NC2CCCCCCC2)C1N. The van der Waals surface area contributed by atoms with Gasteiger partial charge in [-0.25, -0.2) is 0 Å². The maximum absolute atomic E-state index is 12.4. The Hall–Kier alpha value is -0.570. The van der Waals surface area contributed by atoms with Gasteiger partial charge in [-0.1, -0.05) is 45.4 Å². The van der Waals surface area contributed by atoms with Crippen LogP contribution in [-0.2, 0) is 4.79 Å². The van der Waals surface area contributed by atoms with E-state index >= 15 is 0 Å². The topological polar surface area (TPSA) is 55.1 Å². The van der Waals surface area contributed by atoms with Crippen LogP contribution in [0.4, 0.5) is 0 Å². The molecule has 0 aromatic rings. The molecule has 3 N–H and O–H groups in total. The van der Waals surface area contributed by atoms with Crippen LogP contribution in [0.15, 0.2) is 0 Å². The van der Waals surface area contributed by atoms with Crippen LogP contribution in [0.5, 0.6) is 0 Å². The third kappa shape index (κ3) is 4.20. The van der Waals surface area contributed by atoms with Gasteiger partial charge < -0.3 is 11.1 Å². The Morgan fingerprint density at radius 1 is 0.947 bits per heavy atom. The summed E-state index contributed by atoms with van der Waals surface area (Å²) in [5.41, 5.74) is 6.22. The van der Waals surface area contributed by atoms with Crippen molar-refractivity contribution in [1.82, 2.24) is 5.32 Å². The van der Waals surface area contributed by atoms with E-state index in [9.17, 15) is 4.79 Å². The highest BCUT2D eigenvalue weighted by atomic mass is 16.2. The predicted molar refractivity (Wildman–Crippen MR) is 78.7 cm³/mol. The number of carbonyl (C=O) groups is 1. The molecule has 0 bridgehead atoms. The van der Waals surface area contributed by atoms with E-state index in [-0.39, 0.29) is 17.9 Å². The smallest absolute Gasteiger partial charge is 0.224 e. The van der Waals surface area contributed by atoms with Crippen LogP contribution in [0.3, 0.4) is 0 Å². The lowest BCUT2D eigenvalue weighted by molar-refractivity contribution is -0.127. The largest absolute Gasteiger partial charge is 0.353 e. The zero-order chi connectivity index (χ0) is 13.7. The molecule has 0 aromatic heterocycles. The fourth-order valence-corrected chi connectivity index (χ4v) is 3.66. The second kappa shape index (κ2) is 7.28. The molecule has 3 unspecified atom stereocenters. The molecule has 19 heavy (non-hydrogen) atoms. The van der Waals surface area contributed by atoms with Gasteiger partial charge in [-0.05, 0) is 31.6 Å². The number of hydrogen-bond donors (Lipinski definition) is 2. The molecule has 2 saturated carbocycles. The van der Waals surface area contributed by atoms with Crippen LogP contribution >= 0.6 is 0 Å². The molecule has 1 amide bonds. The lowest BCUT2D eigenvalue weighted by atomic mass is 9.77. The minimum absolute atomic E-state index is 0.0502. The van der Waals surface area contributed by atoms with Crippen molar-refractivity contribution in [2.75, 3.05) is 0 Å². The molecule has 0 aliphatic heterocycles. The van der Waals surface area contributed by atoms with Gasteiger partial charge >= 0.3 is 0 Å². The van der Waals surface area contributed by atoms with Crippen molar-refractivity contribution in [3.05, 3.63) is 0 Å². The Labute approximate surface area is 117 Å². The number of carbonyl (C=O) groups excluding carboxylic acids is 1. The quantitative estimate of drug-likeness (QED) is 0.807. The predicted octanol–water partition coefficient (Wildman–Crippen LogP) is 2.98. The third-order valence-corrected chi connectivity index (χ3v) is 5.08. The zero-order valence-corrected chi connectivity index (χ0v) is 12.4. The lowest BCUT2D eigenvalue weighted by Crippen LogP contribution is -2.49. The molecule has 3 nitrogen and oxygen atoms in total. The van der Waals surface area contributed by atoms with Gasteiger partial charge in [-0.15, -0.1) is 0 Å². The average Bonchev–Trinajstić information content (AvgIpc) is 2.35.